The molecule has 5 nitrogen and oxygen atoms in total. The van der Waals surface area contributed by atoms with E-state index in [9.17, 15) is 14.7 Å². The fourth-order valence-corrected chi connectivity index (χ4v) is 2.55. The molecule has 2 N–H and O–H groups in total. The molecule has 0 spiro atoms. The molecule has 2 amide bonds. The smallest absolute Gasteiger partial charge is 0.254 e. The van der Waals surface area contributed by atoms with E-state index in [-0.39, 0.29) is 11.8 Å². The summed E-state index contributed by atoms with van der Waals surface area (Å²) in [6.07, 6.45) is 1.61. The van der Waals surface area contributed by atoms with Crippen LogP contribution in [0.1, 0.15) is 37.0 Å². The quantitative estimate of drug-likeness (QED) is 0.878. The van der Waals surface area contributed by atoms with Gasteiger partial charge in [0.2, 0.25) is 5.91 Å². The molecule has 0 radical (unpaired) electrons. The lowest BCUT2D eigenvalue weighted by Crippen LogP contribution is -2.63. The van der Waals surface area contributed by atoms with Crippen LogP contribution in [0, 0.1) is 0 Å². The third-order valence-electron chi connectivity index (χ3n) is 3.40. The predicted molar refractivity (Wildman–Crippen MR) is 76.5 cm³/mol. The van der Waals surface area contributed by atoms with Gasteiger partial charge in [-0.05, 0) is 24.6 Å². The highest BCUT2D eigenvalue weighted by Gasteiger charge is 2.42. The van der Waals surface area contributed by atoms with Gasteiger partial charge in [-0.1, -0.05) is 19.4 Å². The van der Waals surface area contributed by atoms with Gasteiger partial charge in [0.1, 0.15) is 0 Å². The van der Waals surface area contributed by atoms with E-state index in [1.165, 1.54) is 6.92 Å². The largest absolute Gasteiger partial charge is 0.386 e. The summed E-state index contributed by atoms with van der Waals surface area (Å²) in [6, 6.07) is 6.84. The second-order valence-electron chi connectivity index (χ2n) is 5.40. The third-order valence-corrected chi connectivity index (χ3v) is 3.40. The lowest BCUT2D eigenvalue weighted by molar-refractivity contribution is -0.114. The van der Waals surface area contributed by atoms with Crippen LogP contribution in [-0.4, -0.2) is 40.5 Å². The summed E-state index contributed by atoms with van der Waals surface area (Å²) in [7, 11) is 0. The minimum atomic E-state index is -0.723. The van der Waals surface area contributed by atoms with Gasteiger partial charge in [-0.25, -0.2) is 0 Å². The fraction of sp³-hybridized carbons (Fsp3) is 0.467. The SMILES string of the molecule is CCCC1(O)CN(C(=O)c2cccc(NC(C)=O)c2)C1. The Morgan fingerprint density at radius 2 is 2.10 bits per heavy atom. The van der Waals surface area contributed by atoms with E-state index in [2.05, 4.69) is 5.32 Å². The molecule has 108 valence electrons. The van der Waals surface area contributed by atoms with Crippen LogP contribution in [-0.2, 0) is 4.79 Å². The second kappa shape index (κ2) is 5.63. The van der Waals surface area contributed by atoms with E-state index in [0.717, 1.165) is 6.42 Å². The number of anilines is 1. The number of amides is 2. The van der Waals surface area contributed by atoms with E-state index < -0.39 is 5.60 Å². The molecule has 1 saturated heterocycles. The lowest BCUT2D eigenvalue weighted by atomic mass is 9.89. The number of aliphatic hydroxyl groups is 1. The number of likely N-dealkylation sites (tertiary alicyclic amines) is 1. The lowest BCUT2D eigenvalue weighted by Gasteiger charge is -2.46. The van der Waals surface area contributed by atoms with Crippen LogP contribution >= 0.6 is 0 Å². The Kier molecular flexibility index (Phi) is 4.09. The minimum Gasteiger partial charge on any atom is -0.386 e. The zero-order chi connectivity index (χ0) is 14.8. The Hall–Kier alpha value is -1.88. The summed E-state index contributed by atoms with van der Waals surface area (Å²) in [5.41, 5.74) is 0.405. The normalized spacial score (nSPS) is 16.4. The highest BCUT2D eigenvalue weighted by atomic mass is 16.3. The molecule has 0 unspecified atom stereocenters. The Morgan fingerprint density at radius 3 is 2.70 bits per heavy atom. The Bertz CT molecular complexity index is 522. The van der Waals surface area contributed by atoms with Crippen LogP contribution in [0.25, 0.3) is 0 Å². The summed E-state index contributed by atoms with van der Waals surface area (Å²) >= 11 is 0. The van der Waals surface area contributed by atoms with Crippen molar-refractivity contribution in [2.24, 2.45) is 0 Å². The number of nitrogens with zero attached hydrogens (tertiary/aromatic N) is 1. The van der Waals surface area contributed by atoms with Gasteiger partial charge in [0.05, 0.1) is 18.7 Å². The number of carbonyl (C=O) groups is 2. The molecule has 0 aliphatic carbocycles. The van der Waals surface area contributed by atoms with Crippen LogP contribution in [0.4, 0.5) is 5.69 Å². The highest BCUT2D eigenvalue weighted by Crippen LogP contribution is 2.27. The van der Waals surface area contributed by atoms with Crippen molar-refractivity contribution in [1.82, 2.24) is 4.90 Å². The topological polar surface area (TPSA) is 69.6 Å². The van der Waals surface area contributed by atoms with Crippen molar-refractivity contribution < 1.29 is 14.7 Å². The molecule has 1 fully saturated rings. The van der Waals surface area contributed by atoms with Crippen LogP contribution in [0.3, 0.4) is 0 Å². The van der Waals surface area contributed by atoms with Gasteiger partial charge in [0, 0.05) is 18.2 Å². The molecular weight excluding hydrogens is 256 g/mol. The molecule has 1 heterocycles. The maximum Gasteiger partial charge on any atom is 0.254 e. The molecule has 2 rings (SSSR count). The van der Waals surface area contributed by atoms with Gasteiger partial charge in [0.15, 0.2) is 0 Å². The highest BCUT2D eigenvalue weighted by molar-refractivity contribution is 5.97. The summed E-state index contributed by atoms with van der Waals surface area (Å²) in [5.74, 6) is -0.283. The first-order valence-corrected chi connectivity index (χ1v) is 6.83. The van der Waals surface area contributed by atoms with Gasteiger partial charge in [-0.15, -0.1) is 0 Å². The zero-order valence-electron chi connectivity index (χ0n) is 11.8. The van der Waals surface area contributed by atoms with E-state index in [4.69, 9.17) is 0 Å². The first-order valence-electron chi connectivity index (χ1n) is 6.83. The zero-order valence-corrected chi connectivity index (χ0v) is 11.8. The fourth-order valence-electron chi connectivity index (χ4n) is 2.55. The first-order chi connectivity index (χ1) is 9.43. The predicted octanol–water partition coefficient (Wildman–Crippen LogP) is 1.63. The molecule has 1 aromatic carbocycles. The van der Waals surface area contributed by atoms with Crippen molar-refractivity contribution in [1.29, 1.82) is 0 Å². The summed E-state index contributed by atoms with van der Waals surface area (Å²) in [6.45, 7) is 4.20. The third kappa shape index (κ3) is 3.17. The standard InChI is InChI=1S/C15H20N2O3/c1-3-7-15(20)9-17(10-15)14(19)12-5-4-6-13(8-12)16-11(2)18/h4-6,8,20H,3,7,9-10H2,1-2H3,(H,16,18). The van der Waals surface area contributed by atoms with Crippen molar-refractivity contribution in [2.75, 3.05) is 18.4 Å². The number of hydrogen-bond acceptors (Lipinski definition) is 3. The van der Waals surface area contributed by atoms with Crippen LogP contribution in [0.2, 0.25) is 0 Å². The summed E-state index contributed by atoms with van der Waals surface area (Å²) in [5, 5.41) is 12.8. The van der Waals surface area contributed by atoms with Crippen molar-refractivity contribution >= 4 is 17.5 Å². The molecule has 1 aliphatic heterocycles. The monoisotopic (exact) mass is 276 g/mol. The van der Waals surface area contributed by atoms with E-state index >= 15 is 0 Å². The summed E-state index contributed by atoms with van der Waals surface area (Å²) < 4.78 is 0. The van der Waals surface area contributed by atoms with E-state index in [0.29, 0.717) is 30.8 Å². The Morgan fingerprint density at radius 1 is 1.40 bits per heavy atom. The van der Waals surface area contributed by atoms with Crippen LogP contribution in [0.15, 0.2) is 24.3 Å². The second-order valence-corrected chi connectivity index (χ2v) is 5.40. The van der Waals surface area contributed by atoms with Gasteiger partial charge in [0.25, 0.3) is 5.91 Å². The van der Waals surface area contributed by atoms with Crippen molar-refractivity contribution in [3.63, 3.8) is 0 Å². The Balaban J connectivity index is 2.02. The molecule has 1 aliphatic rings. The summed E-state index contributed by atoms with van der Waals surface area (Å²) in [4.78, 5) is 24.9. The number of benzene rings is 1. The number of carbonyl (C=O) groups excluding carboxylic acids is 2. The molecule has 0 atom stereocenters. The Labute approximate surface area is 118 Å². The number of nitrogens with one attached hydrogen (secondary N) is 1. The molecule has 5 heteroatoms. The number of hydrogen-bond donors (Lipinski definition) is 2. The molecule has 1 aromatic rings. The van der Waals surface area contributed by atoms with E-state index in [1.807, 2.05) is 6.92 Å². The average Bonchev–Trinajstić information content (AvgIpc) is 2.35. The van der Waals surface area contributed by atoms with Crippen LogP contribution in [0.5, 0.6) is 0 Å². The average molecular weight is 276 g/mol. The van der Waals surface area contributed by atoms with Gasteiger partial charge >= 0.3 is 0 Å². The van der Waals surface area contributed by atoms with Crippen LogP contribution < -0.4 is 5.32 Å². The number of β-amino-alcohol motifs (C(OH)–C–C–N with tert-alkyl or cyclic N) is 1. The molecule has 0 bridgehead atoms. The maximum absolute atomic E-state index is 12.3. The maximum atomic E-state index is 12.3. The molecule has 0 aromatic heterocycles. The van der Waals surface area contributed by atoms with Crippen molar-refractivity contribution in [3.05, 3.63) is 29.8 Å². The number of rotatable bonds is 4. The first kappa shape index (κ1) is 14.5. The molecular formula is C15H20N2O3. The van der Waals surface area contributed by atoms with Crippen molar-refractivity contribution in [2.45, 2.75) is 32.3 Å². The van der Waals surface area contributed by atoms with Gasteiger partial charge in [-0.2, -0.15) is 0 Å². The van der Waals surface area contributed by atoms with Gasteiger partial charge < -0.3 is 15.3 Å². The molecule has 0 saturated carbocycles. The molecule has 20 heavy (non-hydrogen) atoms. The van der Waals surface area contributed by atoms with E-state index in [1.54, 1.807) is 29.2 Å². The van der Waals surface area contributed by atoms with Gasteiger partial charge in [-0.3, -0.25) is 9.59 Å². The minimum absolute atomic E-state index is 0.113. The van der Waals surface area contributed by atoms with Crippen molar-refractivity contribution in [3.8, 4) is 0 Å².